The maximum atomic E-state index is 5.71. The molecule has 2 aromatic carbocycles. The van der Waals surface area contributed by atoms with E-state index in [9.17, 15) is 0 Å². The Morgan fingerprint density at radius 3 is 2.30 bits per heavy atom. The molecule has 5 heteroatoms. The van der Waals surface area contributed by atoms with E-state index in [1.807, 2.05) is 55.5 Å². The summed E-state index contributed by atoms with van der Waals surface area (Å²) in [5, 5.41) is 3.30. The Morgan fingerprint density at radius 1 is 0.957 bits per heavy atom. The lowest BCUT2D eigenvalue weighted by molar-refractivity contribution is 0.415. The van der Waals surface area contributed by atoms with Gasteiger partial charge in [0.15, 0.2) is 0 Å². The van der Waals surface area contributed by atoms with Crippen LogP contribution in [0.5, 0.6) is 5.75 Å². The summed E-state index contributed by atoms with van der Waals surface area (Å²) in [5.41, 5.74) is 10.3. The molecule has 0 aliphatic heterocycles. The molecule has 0 saturated heterocycles. The topological polar surface area (TPSA) is 73.1 Å². The van der Waals surface area contributed by atoms with Crippen molar-refractivity contribution in [1.29, 1.82) is 0 Å². The highest BCUT2D eigenvalue weighted by Gasteiger charge is 2.09. The zero-order chi connectivity index (χ0) is 16.2. The van der Waals surface area contributed by atoms with Crippen LogP contribution in [0.4, 0.5) is 17.2 Å². The van der Waals surface area contributed by atoms with Crippen molar-refractivity contribution in [3.63, 3.8) is 0 Å². The van der Waals surface area contributed by atoms with Crippen molar-refractivity contribution in [3.8, 4) is 17.0 Å². The number of benzene rings is 2. The van der Waals surface area contributed by atoms with Gasteiger partial charge in [-0.2, -0.15) is 0 Å². The molecule has 0 unspecified atom stereocenters. The van der Waals surface area contributed by atoms with Crippen molar-refractivity contribution in [1.82, 2.24) is 9.97 Å². The Hall–Kier alpha value is -3.08. The standard InChI is InChI=1S/C18H18N4O/c1-12-17(13-3-9-16(23-2)10-4-13)20-11-21-18(12)22-15-7-5-14(19)6-8-15/h3-11H,19H2,1-2H3,(H,20,21,22). The number of methoxy groups -OCH3 is 1. The van der Waals surface area contributed by atoms with Gasteiger partial charge in [-0.25, -0.2) is 9.97 Å². The predicted molar refractivity (Wildman–Crippen MR) is 92.9 cm³/mol. The third-order valence-electron chi connectivity index (χ3n) is 3.62. The minimum absolute atomic E-state index is 0.730. The summed E-state index contributed by atoms with van der Waals surface area (Å²) in [6.45, 7) is 2.00. The van der Waals surface area contributed by atoms with Gasteiger partial charge in [0.05, 0.1) is 12.8 Å². The van der Waals surface area contributed by atoms with E-state index in [1.165, 1.54) is 0 Å². The van der Waals surface area contributed by atoms with Crippen molar-refractivity contribution in [2.45, 2.75) is 6.92 Å². The Labute approximate surface area is 135 Å². The molecule has 0 saturated carbocycles. The summed E-state index contributed by atoms with van der Waals surface area (Å²) >= 11 is 0. The summed E-state index contributed by atoms with van der Waals surface area (Å²) in [4.78, 5) is 8.75. The lowest BCUT2D eigenvalue weighted by atomic mass is 10.1. The van der Waals surface area contributed by atoms with Gasteiger partial charge in [0.1, 0.15) is 17.9 Å². The van der Waals surface area contributed by atoms with Gasteiger partial charge in [-0.05, 0) is 55.5 Å². The third kappa shape index (κ3) is 3.23. The van der Waals surface area contributed by atoms with Crippen molar-refractivity contribution >= 4 is 17.2 Å². The smallest absolute Gasteiger partial charge is 0.137 e. The Balaban J connectivity index is 1.92. The number of anilines is 3. The first kappa shape index (κ1) is 14.8. The molecule has 23 heavy (non-hydrogen) atoms. The second-order valence-corrected chi connectivity index (χ2v) is 5.17. The molecule has 3 N–H and O–H groups in total. The van der Waals surface area contributed by atoms with Crippen LogP contribution in [0.2, 0.25) is 0 Å². The van der Waals surface area contributed by atoms with Crippen LogP contribution in [0.25, 0.3) is 11.3 Å². The zero-order valence-electron chi connectivity index (χ0n) is 13.1. The van der Waals surface area contributed by atoms with E-state index in [2.05, 4.69) is 15.3 Å². The maximum absolute atomic E-state index is 5.71. The first-order valence-electron chi connectivity index (χ1n) is 7.26. The molecule has 3 rings (SSSR count). The average molecular weight is 306 g/mol. The lowest BCUT2D eigenvalue weighted by Crippen LogP contribution is -2.00. The number of nitrogens with zero attached hydrogens (tertiary/aromatic N) is 2. The normalized spacial score (nSPS) is 10.3. The van der Waals surface area contributed by atoms with Crippen LogP contribution in [-0.2, 0) is 0 Å². The van der Waals surface area contributed by atoms with Crippen molar-refractivity contribution < 1.29 is 4.74 Å². The summed E-state index contributed by atoms with van der Waals surface area (Å²) < 4.78 is 5.19. The lowest BCUT2D eigenvalue weighted by Gasteiger charge is -2.12. The van der Waals surface area contributed by atoms with Gasteiger partial charge in [-0.3, -0.25) is 0 Å². The molecule has 0 aliphatic rings. The van der Waals surface area contributed by atoms with Crippen molar-refractivity contribution in [2.24, 2.45) is 0 Å². The van der Waals surface area contributed by atoms with E-state index in [-0.39, 0.29) is 0 Å². The summed E-state index contributed by atoms with van der Waals surface area (Å²) in [5.74, 6) is 1.59. The average Bonchev–Trinajstić information content (AvgIpc) is 2.59. The third-order valence-corrected chi connectivity index (χ3v) is 3.62. The van der Waals surface area contributed by atoms with E-state index in [0.29, 0.717) is 0 Å². The minimum atomic E-state index is 0.730. The zero-order valence-corrected chi connectivity index (χ0v) is 13.1. The number of ether oxygens (including phenoxy) is 1. The first-order valence-corrected chi connectivity index (χ1v) is 7.26. The van der Waals surface area contributed by atoms with Crippen LogP contribution in [0, 0.1) is 6.92 Å². The Bertz CT molecular complexity index is 798. The monoisotopic (exact) mass is 306 g/mol. The summed E-state index contributed by atoms with van der Waals surface area (Å²) in [6.07, 6.45) is 1.56. The molecule has 0 amide bonds. The molecule has 3 aromatic rings. The van der Waals surface area contributed by atoms with Gasteiger partial charge in [0.25, 0.3) is 0 Å². The van der Waals surface area contributed by atoms with Crippen LogP contribution in [0.15, 0.2) is 54.9 Å². The molecule has 0 spiro atoms. The van der Waals surface area contributed by atoms with Crippen molar-refractivity contribution in [3.05, 3.63) is 60.4 Å². The fraction of sp³-hybridized carbons (Fsp3) is 0.111. The fourth-order valence-electron chi connectivity index (χ4n) is 2.32. The molecular formula is C18H18N4O. The molecule has 116 valence electrons. The minimum Gasteiger partial charge on any atom is -0.497 e. The fourth-order valence-corrected chi connectivity index (χ4v) is 2.32. The second kappa shape index (κ2) is 6.36. The highest BCUT2D eigenvalue weighted by molar-refractivity contribution is 5.71. The van der Waals surface area contributed by atoms with Gasteiger partial charge < -0.3 is 15.8 Å². The molecule has 0 fully saturated rings. The molecule has 0 bridgehead atoms. The van der Waals surface area contributed by atoms with E-state index in [4.69, 9.17) is 10.5 Å². The van der Waals surface area contributed by atoms with Crippen molar-refractivity contribution in [2.75, 3.05) is 18.2 Å². The van der Waals surface area contributed by atoms with Crippen LogP contribution >= 0.6 is 0 Å². The van der Waals surface area contributed by atoms with Gasteiger partial charge in [0, 0.05) is 22.5 Å². The molecular weight excluding hydrogens is 288 g/mol. The van der Waals surface area contributed by atoms with Gasteiger partial charge in [0.2, 0.25) is 0 Å². The van der Waals surface area contributed by atoms with Gasteiger partial charge in [-0.15, -0.1) is 0 Å². The molecule has 1 aromatic heterocycles. The predicted octanol–water partition coefficient (Wildman–Crippen LogP) is 3.79. The van der Waals surface area contributed by atoms with Crippen LogP contribution < -0.4 is 15.8 Å². The number of nitrogens with one attached hydrogen (secondary N) is 1. The van der Waals surface area contributed by atoms with Gasteiger partial charge in [-0.1, -0.05) is 0 Å². The molecule has 5 nitrogen and oxygen atoms in total. The summed E-state index contributed by atoms with van der Waals surface area (Å²) in [7, 11) is 1.65. The number of aromatic nitrogens is 2. The number of hydrogen-bond acceptors (Lipinski definition) is 5. The van der Waals surface area contributed by atoms with E-state index in [1.54, 1.807) is 13.4 Å². The Morgan fingerprint density at radius 2 is 1.65 bits per heavy atom. The van der Waals surface area contributed by atoms with Gasteiger partial charge >= 0.3 is 0 Å². The van der Waals surface area contributed by atoms with Crippen LogP contribution in [0.3, 0.4) is 0 Å². The molecule has 1 heterocycles. The largest absolute Gasteiger partial charge is 0.497 e. The maximum Gasteiger partial charge on any atom is 0.137 e. The number of hydrogen-bond donors (Lipinski definition) is 2. The number of nitrogen functional groups attached to an aromatic ring is 1. The summed E-state index contributed by atoms with van der Waals surface area (Å²) in [6, 6.07) is 15.4. The van der Waals surface area contributed by atoms with Crippen LogP contribution in [-0.4, -0.2) is 17.1 Å². The van der Waals surface area contributed by atoms with E-state index < -0.39 is 0 Å². The second-order valence-electron chi connectivity index (χ2n) is 5.17. The number of nitrogens with two attached hydrogens (primary N) is 1. The first-order chi connectivity index (χ1) is 11.2. The highest BCUT2D eigenvalue weighted by atomic mass is 16.5. The van der Waals surface area contributed by atoms with E-state index >= 15 is 0 Å². The molecule has 0 radical (unpaired) electrons. The SMILES string of the molecule is COc1ccc(-c2ncnc(Nc3ccc(N)cc3)c2C)cc1. The highest BCUT2D eigenvalue weighted by Crippen LogP contribution is 2.28. The molecule has 0 atom stereocenters. The molecule has 0 aliphatic carbocycles. The quantitative estimate of drug-likeness (QED) is 0.717. The van der Waals surface area contributed by atoms with Crippen LogP contribution in [0.1, 0.15) is 5.56 Å². The Kier molecular flexibility index (Phi) is 4.10. The number of rotatable bonds is 4. The van der Waals surface area contributed by atoms with E-state index in [0.717, 1.165) is 39.8 Å².